The van der Waals surface area contributed by atoms with Crippen LogP contribution in [0.2, 0.25) is 25.7 Å². The summed E-state index contributed by atoms with van der Waals surface area (Å²) in [5, 5.41) is 8.81. The molecule has 12 nitrogen and oxygen atoms in total. The van der Waals surface area contributed by atoms with Crippen LogP contribution in [0.4, 0.5) is 4.79 Å². The first-order chi connectivity index (χ1) is 25.7. The van der Waals surface area contributed by atoms with Gasteiger partial charge in [-0.1, -0.05) is 83.9 Å². The van der Waals surface area contributed by atoms with Gasteiger partial charge in [-0.2, -0.15) is 0 Å². The SMILES string of the molecule is CCCCCCCC(=O)SCC/C=C/[C@H](CC(=O)OCC[Si](C)(C)C)OC(=O)[C@@H](NC(=O)[C@]1(C)CSC(c2csc(CNC(=O)OC(C)(C)C)n2)=N1)C(C)C. The van der Waals surface area contributed by atoms with Crippen molar-refractivity contribution in [3.8, 4) is 0 Å². The topological polar surface area (TPSA) is 162 Å². The lowest BCUT2D eigenvalue weighted by atomic mass is 10.0. The van der Waals surface area contributed by atoms with Crippen LogP contribution in [0, 0.1) is 5.92 Å². The number of esters is 2. The third-order valence-corrected chi connectivity index (χ3v) is 13.0. The zero-order valence-corrected chi connectivity index (χ0v) is 38.0. The van der Waals surface area contributed by atoms with Gasteiger partial charge in [0.15, 0.2) is 5.12 Å². The van der Waals surface area contributed by atoms with E-state index in [1.165, 1.54) is 47.7 Å². The van der Waals surface area contributed by atoms with Gasteiger partial charge in [0, 0.05) is 31.4 Å². The molecule has 0 spiro atoms. The smallest absolute Gasteiger partial charge is 0.408 e. The Morgan fingerprint density at radius 1 is 1.09 bits per heavy atom. The van der Waals surface area contributed by atoms with Crippen LogP contribution < -0.4 is 10.6 Å². The summed E-state index contributed by atoms with van der Waals surface area (Å²) in [4.78, 5) is 73.8. The second kappa shape index (κ2) is 23.5. The summed E-state index contributed by atoms with van der Waals surface area (Å²) in [5.74, 6) is -0.972. The number of carbonyl (C=O) groups is 5. The monoisotopic (exact) mass is 840 g/mol. The predicted molar refractivity (Wildman–Crippen MR) is 228 cm³/mol. The Morgan fingerprint density at radius 3 is 2.45 bits per heavy atom. The van der Waals surface area contributed by atoms with Gasteiger partial charge in [0.2, 0.25) is 5.91 Å². The number of allylic oxidation sites excluding steroid dienone is 1. The third kappa shape index (κ3) is 19.8. The van der Waals surface area contributed by atoms with Crippen LogP contribution >= 0.6 is 34.9 Å². The minimum Gasteiger partial charge on any atom is -0.466 e. The molecule has 0 saturated carbocycles. The van der Waals surface area contributed by atoms with Crippen molar-refractivity contribution in [3.63, 3.8) is 0 Å². The molecular formula is C39H64N4O8S3Si. The molecule has 2 N–H and O–H groups in total. The maximum absolute atomic E-state index is 13.7. The fraction of sp³-hybridized carbons (Fsp3) is 0.718. The quantitative estimate of drug-likeness (QED) is 0.0358. The molecule has 0 saturated heterocycles. The van der Waals surface area contributed by atoms with Crippen LogP contribution in [0.1, 0.15) is 111 Å². The second-order valence-electron chi connectivity index (χ2n) is 16.5. The van der Waals surface area contributed by atoms with Crippen molar-refractivity contribution in [2.45, 2.75) is 155 Å². The summed E-state index contributed by atoms with van der Waals surface area (Å²) in [7, 11) is -1.42. The van der Waals surface area contributed by atoms with Gasteiger partial charge in [-0.3, -0.25) is 19.4 Å². The zero-order chi connectivity index (χ0) is 41.2. The molecule has 2 amide bonds. The summed E-state index contributed by atoms with van der Waals surface area (Å²) < 4.78 is 16.7. The highest BCUT2D eigenvalue weighted by Gasteiger charge is 2.41. The number of hydrogen-bond acceptors (Lipinski definition) is 13. The van der Waals surface area contributed by atoms with E-state index in [0.717, 1.165) is 25.3 Å². The highest BCUT2D eigenvalue weighted by molar-refractivity contribution is 8.14. The Balaban J connectivity index is 2.06. The van der Waals surface area contributed by atoms with Crippen LogP contribution in [0.15, 0.2) is 22.5 Å². The molecule has 0 aliphatic carbocycles. The van der Waals surface area contributed by atoms with E-state index in [1.807, 2.05) is 25.3 Å². The van der Waals surface area contributed by atoms with Gasteiger partial charge in [-0.25, -0.2) is 14.6 Å². The number of aliphatic imine (C=N–C) groups is 1. The number of ether oxygens (including phenoxy) is 3. The number of thiazole rings is 1. The van der Waals surface area contributed by atoms with E-state index in [9.17, 15) is 24.0 Å². The van der Waals surface area contributed by atoms with Crippen molar-refractivity contribution in [2.24, 2.45) is 10.9 Å². The van der Waals surface area contributed by atoms with Crippen molar-refractivity contribution >= 4 is 77.0 Å². The largest absolute Gasteiger partial charge is 0.466 e. The number of nitrogens with zero attached hydrogens (tertiary/aromatic N) is 2. The number of amides is 2. The summed E-state index contributed by atoms with van der Waals surface area (Å²) in [6.07, 6.45) is 8.49. The van der Waals surface area contributed by atoms with Crippen LogP contribution in [0.5, 0.6) is 0 Å². The van der Waals surface area contributed by atoms with Crippen LogP contribution in [-0.2, 0) is 39.9 Å². The van der Waals surface area contributed by atoms with E-state index >= 15 is 0 Å². The Morgan fingerprint density at radius 2 is 1.80 bits per heavy atom. The lowest BCUT2D eigenvalue weighted by Gasteiger charge is -2.27. The van der Waals surface area contributed by atoms with Crippen LogP contribution in [-0.4, -0.2) is 88.6 Å². The fourth-order valence-electron chi connectivity index (χ4n) is 4.99. The van der Waals surface area contributed by atoms with E-state index in [0.29, 0.717) is 46.7 Å². The Labute approximate surface area is 342 Å². The van der Waals surface area contributed by atoms with E-state index in [4.69, 9.17) is 19.2 Å². The van der Waals surface area contributed by atoms with Crippen molar-refractivity contribution in [1.82, 2.24) is 15.6 Å². The van der Waals surface area contributed by atoms with Crippen molar-refractivity contribution in [2.75, 3.05) is 18.1 Å². The summed E-state index contributed by atoms with van der Waals surface area (Å²) >= 11 is 4.05. The molecule has 0 unspecified atom stereocenters. The molecule has 0 aromatic carbocycles. The van der Waals surface area contributed by atoms with Crippen molar-refractivity contribution < 1.29 is 38.2 Å². The maximum atomic E-state index is 13.7. The summed E-state index contributed by atoms with van der Waals surface area (Å²) in [6.45, 7) is 20.0. The van der Waals surface area contributed by atoms with Gasteiger partial charge < -0.3 is 24.8 Å². The predicted octanol–water partition coefficient (Wildman–Crippen LogP) is 8.31. The first-order valence-electron chi connectivity index (χ1n) is 19.3. The average molecular weight is 841 g/mol. The number of aromatic nitrogens is 1. The molecule has 2 rings (SSSR count). The molecule has 1 aliphatic rings. The van der Waals surface area contributed by atoms with E-state index in [1.54, 1.807) is 33.8 Å². The number of alkyl carbamates (subject to hydrolysis) is 1. The lowest BCUT2D eigenvalue weighted by molar-refractivity contribution is -0.156. The molecule has 1 aromatic rings. The van der Waals surface area contributed by atoms with Gasteiger partial charge in [0.05, 0.1) is 19.6 Å². The lowest BCUT2D eigenvalue weighted by Crippen LogP contribution is -2.53. The molecule has 0 radical (unpaired) electrons. The molecule has 3 atom stereocenters. The molecule has 16 heteroatoms. The van der Waals surface area contributed by atoms with Crippen LogP contribution in [0.25, 0.3) is 0 Å². The van der Waals surface area contributed by atoms with Crippen molar-refractivity contribution in [3.05, 3.63) is 28.2 Å². The highest BCUT2D eigenvalue weighted by atomic mass is 32.2. The van der Waals surface area contributed by atoms with Gasteiger partial charge in [-0.15, -0.1) is 23.1 Å². The third-order valence-electron chi connectivity index (χ3n) is 8.22. The normalized spacial score (nSPS) is 17.1. The molecular weight excluding hydrogens is 777 g/mol. The number of carbonyl (C=O) groups excluding carboxylic acids is 5. The Kier molecular flexibility index (Phi) is 20.7. The Bertz CT molecular complexity index is 1490. The standard InChI is InChI=1S/C39H64N4O8S3Si/c1-11-12-13-14-15-19-32(45)52-21-17-16-18-28(23-31(44)49-20-22-55(8,9)10)50-35(46)33(27(2)3)42-36(47)39(7)26-54-34(43-39)29-25-53-30(41-29)24-40-37(48)51-38(4,5)6/h16,18,25,27-28,33H,11-15,17,19-24,26H2,1-10H3,(H,40,48)(H,42,47)/b18-16+/t28-,33+,39+/m1/s1. The van der Waals surface area contributed by atoms with E-state index in [-0.39, 0.29) is 24.0 Å². The van der Waals surface area contributed by atoms with E-state index < -0.39 is 55.3 Å². The zero-order valence-electron chi connectivity index (χ0n) is 34.5. The van der Waals surface area contributed by atoms with Gasteiger partial charge in [0.25, 0.3) is 0 Å². The number of hydrogen-bond donors (Lipinski definition) is 2. The maximum Gasteiger partial charge on any atom is 0.408 e. The molecule has 0 bridgehead atoms. The van der Waals surface area contributed by atoms with Crippen LogP contribution in [0.3, 0.4) is 0 Å². The molecule has 1 aliphatic heterocycles. The fourth-order valence-corrected chi connectivity index (χ4v) is 8.40. The van der Waals surface area contributed by atoms with Gasteiger partial charge in [0.1, 0.15) is 39.0 Å². The molecule has 2 heterocycles. The molecule has 0 fully saturated rings. The summed E-state index contributed by atoms with van der Waals surface area (Å²) in [5.41, 5.74) is -1.18. The summed E-state index contributed by atoms with van der Waals surface area (Å²) in [6, 6.07) is -0.178. The van der Waals surface area contributed by atoms with Crippen molar-refractivity contribution in [1.29, 1.82) is 0 Å². The van der Waals surface area contributed by atoms with Gasteiger partial charge >= 0.3 is 18.0 Å². The number of nitrogens with one attached hydrogen (secondary N) is 2. The van der Waals surface area contributed by atoms with Gasteiger partial charge in [-0.05, 0) is 58.6 Å². The van der Waals surface area contributed by atoms with E-state index in [2.05, 4.69) is 42.2 Å². The first kappa shape index (κ1) is 48.5. The molecule has 310 valence electrons. The average Bonchev–Trinajstić information content (AvgIpc) is 3.71. The molecule has 55 heavy (non-hydrogen) atoms. The molecule has 1 aromatic heterocycles. The Hall–Kier alpha value is -2.69. The number of rotatable bonds is 23. The minimum absolute atomic E-state index is 0.165. The first-order valence-corrected chi connectivity index (χ1v) is 25.9. The minimum atomic E-state index is -1.42. The number of thioether (sulfide) groups is 2. The second-order valence-corrected chi connectivity index (χ2v) is 25.1. The number of unbranched alkanes of at least 4 members (excludes halogenated alkanes) is 4. The highest BCUT2D eigenvalue weighted by Crippen LogP contribution is 2.32.